The van der Waals surface area contributed by atoms with Crippen LogP contribution in [0.5, 0.6) is 0 Å². The first-order chi connectivity index (χ1) is 10.4. The summed E-state index contributed by atoms with van der Waals surface area (Å²) >= 11 is 3.18. The topological polar surface area (TPSA) is 72.6 Å². The van der Waals surface area contributed by atoms with Crippen LogP contribution in [0.3, 0.4) is 0 Å². The van der Waals surface area contributed by atoms with Crippen LogP contribution in [-0.4, -0.2) is 45.1 Å². The Bertz CT molecular complexity index is 610. The minimum absolute atomic E-state index is 0. The van der Waals surface area contributed by atoms with Gasteiger partial charge in [-0.1, -0.05) is 0 Å². The molecule has 0 atom stereocenters. The second-order valence-electron chi connectivity index (χ2n) is 5.19. The summed E-state index contributed by atoms with van der Waals surface area (Å²) in [6.45, 7) is 1.93. The Morgan fingerprint density at radius 1 is 1.35 bits per heavy atom. The molecule has 0 bridgehead atoms. The molecule has 2 N–H and O–H groups in total. The summed E-state index contributed by atoms with van der Waals surface area (Å²) in [5.74, 6) is -0.568. The lowest BCUT2D eigenvalue weighted by atomic mass is 10.1. The van der Waals surface area contributed by atoms with Crippen LogP contribution < -0.4 is 5.73 Å². The summed E-state index contributed by atoms with van der Waals surface area (Å²) < 4.78 is 46.0. The van der Waals surface area contributed by atoms with Crippen LogP contribution in [0.2, 0.25) is 0 Å². The summed E-state index contributed by atoms with van der Waals surface area (Å²) in [6.07, 6.45) is 2.14. The molecule has 9 heteroatoms. The van der Waals surface area contributed by atoms with E-state index in [-0.39, 0.29) is 23.4 Å². The number of hydrogen-bond donors (Lipinski definition) is 1. The molecule has 1 aliphatic heterocycles. The maximum absolute atomic E-state index is 13.3. The van der Waals surface area contributed by atoms with Gasteiger partial charge in [0.15, 0.2) is 0 Å². The molecule has 5 nitrogen and oxygen atoms in total. The molecule has 0 aromatic heterocycles. The quantitative estimate of drug-likeness (QED) is 0.703. The fourth-order valence-corrected chi connectivity index (χ4v) is 4.79. The minimum Gasteiger partial charge on any atom is -0.378 e. The molecule has 0 spiro atoms. The largest absolute Gasteiger partial charge is 0.378 e. The lowest BCUT2D eigenvalue weighted by Crippen LogP contribution is -2.41. The molecule has 0 radical (unpaired) electrons. The van der Waals surface area contributed by atoms with Crippen molar-refractivity contribution < 1.29 is 17.5 Å². The maximum atomic E-state index is 13.3. The van der Waals surface area contributed by atoms with E-state index < -0.39 is 15.8 Å². The highest BCUT2D eigenvalue weighted by molar-refractivity contribution is 9.10. The molecule has 1 heterocycles. The second kappa shape index (κ2) is 9.29. The molecule has 0 saturated carbocycles. The fourth-order valence-electron chi connectivity index (χ4n) is 2.39. The minimum atomic E-state index is -3.69. The van der Waals surface area contributed by atoms with E-state index in [1.807, 2.05) is 0 Å². The molecule has 1 aliphatic rings. The Morgan fingerprint density at radius 2 is 2.00 bits per heavy atom. The highest BCUT2D eigenvalue weighted by atomic mass is 79.9. The number of nitrogens with two attached hydrogens (primary N) is 1. The van der Waals surface area contributed by atoms with Crippen LogP contribution in [0.1, 0.15) is 19.3 Å². The van der Waals surface area contributed by atoms with Crippen LogP contribution >= 0.6 is 28.3 Å². The van der Waals surface area contributed by atoms with Crippen molar-refractivity contribution >= 4 is 38.4 Å². The molecule has 23 heavy (non-hydrogen) atoms. The Balaban J connectivity index is 0.00000264. The molecule has 0 amide bonds. The number of nitrogens with zero attached hydrogens (tertiary/aromatic N) is 1. The Kier molecular flexibility index (Phi) is 8.40. The maximum Gasteiger partial charge on any atom is 0.244 e. The van der Waals surface area contributed by atoms with Crippen LogP contribution in [0.25, 0.3) is 0 Å². The zero-order valence-corrected chi connectivity index (χ0v) is 15.8. The number of hydrogen-bond acceptors (Lipinski definition) is 4. The van der Waals surface area contributed by atoms with Crippen molar-refractivity contribution in [2.24, 2.45) is 5.73 Å². The highest BCUT2D eigenvalue weighted by Crippen LogP contribution is 2.28. The van der Waals surface area contributed by atoms with Gasteiger partial charge in [-0.15, -0.1) is 12.4 Å². The Morgan fingerprint density at radius 3 is 2.61 bits per heavy atom. The monoisotopic (exact) mass is 430 g/mol. The Labute approximate surface area is 151 Å². The van der Waals surface area contributed by atoms with Gasteiger partial charge in [-0.2, -0.15) is 4.31 Å². The van der Waals surface area contributed by atoms with Gasteiger partial charge >= 0.3 is 0 Å². The summed E-state index contributed by atoms with van der Waals surface area (Å²) in [4.78, 5) is -0.0324. The van der Waals surface area contributed by atoms with Gasteiger partial charge in [0.1, 0.15) is 5.82 Å². The summed E-state index contributed by atoms with van der Waals surface area (Å²) in [5, 5.41) is 0. The van der Waals surface area contributed by atoms with Gasteiger partial charge in [-0.3, -0.25) is 0 Å². The number of benzene rings is 1. The number of rotatable bonds is 6. The number of sulfonamides is 1. The highest BCUT2D eigenvalue weighted by Gasteiger charge is 2.31. The van der Waals surface area contributed by atoms with Crippen molar-refractivity contribution in [2.45, 2.75) is 30.3 Å². The van der Waals surface area contributed by atoms with E-state index in [1.165, 1.54) is 16.4 Å². The van der Waals surface area contributed by atoms with E-state index in [1.54, 1.807) is 0 Å². The standard InChI is InChI=1S/C14H20BrFN2O3S.ClH/c15-13-3-2-11(16)10-14(13)22(19,20)18-7-4-12(5-8-18)21-9-1-6-17;/h2-3,10,12H,1,4-9,17H2;1H. The third-order valence-electron chi connectivity index (χ3n) is 3.61. The lowest BCUT2D eigenvalue weighted by molar-refractivity contribution is 0.0209. The zero-order chi connectivity index (χ0) is 16.2. The normalized spacial score (nSPS) is 17.0. The molecular formula is C14H21BrClFN2O3S. The lowest BCUT2D eigenvalue weighted by Gasteiger charge is -2.31. The van der Waals surface area contributed by atoms with Gasteiger partial charge in [0.25, 0.3) is 0 Å². The molecule has 1 aromatic carbocycles. The van der Waals surface area contributed by atoms with Crippen LogP contribution in [0.15, 0.2) is 27.6 Å². The fraction of sp³-hybridized carbons (Fsp3) is 0.571. The molecule has 1 saturated heterocycles. The molecule has 132 valence electrons. The molecule has 0 unspecified atom stereocenters. The van der Waals surface area contributed by atoms with Crippen molar-refractivity contribution in [2.75, 3.05) is 26.2 Å². The Hall–Kier alpha value is -0.250. The summed E-state index contributed by atoms with van der Waals surface area (Å²) in [7, 11) is -3.69. The smallest absolute Gasteiger partial charge is 0.244 e. The van der Waals surface area contributed by atoms with Crippen LogP contribution in [0.4, 0.5) is 4.39 Å². The van der Waals surface area contributed by atoms with E-state index >= 15 is 0 Å². The van der Waals surface area contributed by atoms with E-state index in [9.17, 15) is 12.8 Å². The number of halogens is 3. The average molecular weight is 432 g/mol. The van der Waals surface area contributed by atoms with Crippen molar-refractivity contribution in [3.63, 3.8) is 0 Å². The zero-order valence-electron chi connectivity index (χ0n) is 12.6. The van der Waals surface area contributed by atoms with Crippen LogP contribution in [0, 0.1) is 5.82 Å². The second-order valence-corrected chi connectivity index (χ2v) is 7.95. The van der Waals surface area contributed by atoms with Crippen molar-refractivity contribution in [1.82, 2.24) is 4.31 Å². The van der Waals surface area contributed by atoms with E-state index in [0.29, 0.717) is 43.6 Å². The van der Waals surface area contributed by atoms with Crippen molar-refractivity contribution in [3.05, 3.63) is 28.5 Å². The molecule has 2 rings (SSSR count). The van der Waals surface area contributed by atoms with E-state index in [0.717, 1.165) is 12.5 Å². The molecule has 1 fully saturated rings. The third kappa shape index (κ3) is 5.37. The third-order valence-corrected chi connectivity index (χ3v) is 6.51. The first kappa shape index (κ1) is 20.8. The van der Waals surface area contributed by atoms with Gasteiger partial charge in [0.05, 0.1) is 11.0 Å². The first-order valence-electron chi connectivity index (χ1n) is 7.22. The van der Waals surface area contributed by atoms with Gasteiger partial charge in [-0.25, -0.2) is 12.8 Å². The van der Waals surface area contributed by atoms with E-state index in [2.05, 4.69) is 15.9 Å². The first-order valence-corrected chi connectivity index (χ1v) is 9.45. The molecule has 0 aliphatic carbocycles. The number of piperidine rings is 1. The van der Waals surface area contributed by atoms with Crippen molar-refractivity contribution in [3.8, 4) is 0 Å². The van der Waals surface area contributed by atoms with Gasteiger partial charge in [0, 0.05) is 24.2 Å². The van der Waals surface area contributed by atoms with E-state index in [4.69, 9.17) is 10.5 Å². The van der Waals surface area contributed by atoms with Crippen LogP contribution in [-0.2, 0) is 14.8 Å². The summed E-state index contributed by atoms with van der Waals surface area (Å²) in [6, 6.07) is 3.68. The van der Waals surface area contributed by atoms with Crippen molar-refractivity contribution in [1.29, 1.82) is 0 Å². The number of ether oxygens (including phenoxy) is 1. The van der Waals surface area contributed by atoms with Gasteiger partial charge in [-0.05, 0) is 59.9 Å². The molecular weight excluding hydrogens is 411 g/mol. The predicted molar refractivity (Wildman–Crippen MR) is 92.8 cm³/mol. The van der Waals surface area contributed by atoms with Gasteiger partial charge in [0.2, 0.25) is 10.0 Å². The molecule has 1 aromatic rings. The predicted octanol–water partition coefficient (Wildman–Crippen LogP) is 2.53. The van der Waals surface area contributed by atoms with Gasteiger partial charge < -0.3 is 10.5 Å². The summed E-state index contributed by atoms with van der Waals surface area (Å²) in [5.41, 5.74) is 5.41. The average Bonchev–Trinajstić information content (AvgIpc) is 2.50. The SMILES string of the molecule is Cl.NCCCOC1CCN(S(=O)(=O)c2cc(F)ccc2Br)CC1.